The monoisotopic (exact) mass is 229 g/mol. The highest BCUT2D eigenvalue weighted by Crippen LogP contribution is 2.27. The molecule has 0 bridgehead atoms. The number of amidine groups is 1. The van der Waals surface area contributed by atoms with E-state index in [0.29, 0.717) is 0 Å². The van der Waals surface area contributed by atoms with E-state index in [2.05, 4.69) is 4.98 Å². The Morgan fingerprint density at radius 2 is 2.43 bits per heavy atom. The van der Waals surface area contributed by atoms with Crippen LogP contribution in [-0.4, -0.2) is 16.6 Å². The second kappa shape index (κ2) is 4.79. The van der Waals surface area contributed by atoms with Crippen LogP contribution in [0.3, 0.4) is 0 Å². The van der Waals surface area contributed by atoms with Crippen LogP contribution in [0.25, 0.3) is 0 Å². The van der Waals surface area contributed by atoms with Crippen LogP contribution in [0, 0.1) is 10.8 Å². The maximum absolute atomic E-state index is 7.41. The number of thioether (sulfide) groups is 1. The normalized spacial score (nSPS) is 11.6. The molecule has 1 aromatic heterocycles. The number of rotatable bonds is 5. The zero-order valence-corrected chi connectivity index (χ0v) is 10.0. The maximum atomic E-state index is 7.41. The summed E-state index contributed by atoms with van der Waals surface area (Å²) < 4.78 is 1.09. The van der Waals surface area contributed by atoms with Crippen molar-refractivity contribution in [3.8, 4) is 0 Å². The molecule has 0 saturated heterocycles. The number of nitrogens with two attached hydrogens (primary N) is 1. The first-order valence-electron chi connectivity index (χ1n) is 4.39. The van der Waals surface area contributed by atoms with Gasteiger partial charge in [0.15, 0.2) is 0 Å². The zero-order valence-electron chi connectivity index (χ0n) is 8.41. The maximum Gasteiger partial charge on any atom is 0.149 e. The van der Waals surface area contributed by atoms with E-state index in [4.69, 9.17) is 11.1 Å². The van der Waals surface area contributed by atoms with Gasteiger partial charge >= 0.3 is 0 Å². The van der Waals surface area contributed by atoms with Crippen LogP contribution in [-0.2, 0) is 0 Å². The molecule has 1 heterocycles. The van der Waals surface area contributed by atoms with E-state index in [9.17, 15) is 0 Å². The summed E-state index contributed by atoms with van der Waals surface area (Å²) in [6, 6.07) is 0. The van der Waals surface area contributed by atoms with Gasteiger partial charge in [-0.15, -0.1) is 11.3 Å². The molecule has 78 valence electrons. The molecule has 0 saturated carbocycles. The summed E-state index contributed by atoms with van der Waals surface area (Å²) in [5.41, 5.74) is 5.30. The van der Waals surface area contributed by atoms with Gasteiger partial charge in [-0.05, 0) is 6.42 Å². The molecule has 5 heteroatoms. The quantitative estimate of drug-likeness (QED) is 0.463. The topological polar surface area (TPSA) is 62.8 Å². The van der Waals surface area contributed by atoms with Gasteiger partial charge in [0.25, 0.3) is 0 Å². The Bertz CT molecular complexity index is 293. The van der Waals surface area contributed by atoms with Crippen LogP contribution in [0.5, 0.6) is 0 Å². The molecule has 0 amide bonds. The third kappa shape index (κ3) is 3.31. The number of nitrogens with zero attached hydrogens (tertiary/aromatic N) is 1. The Kier molecular flexibility index (Phi) is 3.95. The summed E-state index contributed by atoms with van der Waals surface area (Å²) in [5, 5.41) is 9.38. The minimum Gasteiger partial charge on any atom is -0.387 e. The first-order valence-corrected chi connectivity index (χ1v) is 6.26. The largest absolute Gasteiger partial charge is 0.387 e. The van der Waals surface area contributed by atoms with Crippen LogP contribution in [0.15, 0.2) is 15.9 Å². The van der Waals surface area contributed by atoms with Gasteiger partial charge in [0, 0.05) is 22.7 Å². The van der Waals surface area contributed by atoms with Crippen molar-refractivity contribution in [3.05, 3.63) is 11.6 Å². The Morgan fingerprint density at radius 1 is 1.71 bits per heavy atom. The van der Waals surface area contributed by atoms with Gasteiger partial charge in [-0.25, -0.2) is 4.98 Å². The summed E-state index contributed by atoms with van der Waals surface area (Å²) in [6.07, 6.45) is 2.72. The van der Waals surface area contributed by atoms with Crippen molar-refractivity contribution >= 4 is 28.9 Å². The number of hydrogen-bond donors (Lipinski definition) is 2. The molecule has 3 nitrogen and oxygen atoms in total. The SMILES string of the molecule is CC(C)(CCSc1nccs1)C(=N)N. The van der Waals surface area contributed by atoms with Gasteiger partial charge in [0.2, 0.25) is 0 Å². The Labute approximate surface area is 92.6 Å². The molecular weight excluding hydrogens is 214 g/mol. The van der Waals surface area contributed by atoms with E-state index < -0.39 is 0 Å². The van der Waals surface area contributed by atoms with Crippen molar-refractivity contribution in [3.63, 3.8) is 0 Å². The predicted molar refractivity (Wildman–Crippen MR) is 63.2 cm³/mol. The predicted octanol–water partition coefficient (Wildman–Crippen LogP) is 2.59. The Balaban J connectivity index is 2.31. The van der Waals surface area contributed by atoms with Crippen molar-refractivity contribution in [2.24, 2.45) is 11.1 Å². The lowest BCUT2D eigenvalue weighted by atomic mass is 9.89. The molecule has 0 aliphatic rings. The standard InChI is InChI=1S/C9H15N3S2/c1-9(2,7(10)11)3-5-13-8-12-4-6-14-8/h4,6H,3,5H2,1-2H3,(H3,10,11). The van der Waals surface area contributed by atoms with E-state index in [-0.39, 0.29) is 11.3 Å². The molecule has 1 rings (SSSR count). The van der Waals surface area contributed by atoms with Crippen LogP contribution in [0.4, 0.5) is 0 Å². The van der Waals surface area contributed by atoms with Crippen LogP contribution < -0.4 is 5.73 Å². The summed E-state index contributed by atoms with van der Waals surface area (Å²) in [4.78, 5) is 4.18. The highest BCUT2D eigenvalue weighted by molar-refractivity contribution is 8.00. The molecule has 0 atom stereocenters. The molecule has 14 heavy (non-hydrogen) atoms. The summed E-state index contributed by atoms with van der Waals surface area (Å²) >= 11 is 3.38. The van der Waals surface area contributed by atoms with Gasteiger partial charge in [-0.2, -0.15) is 0 Å². The van der Waals surface area contributed by atoms with Gasteiger partial charge in [0.05, 0.1) is 5.84 Å². The van der Waals surface area contributed by atoms with Crippen molar-refractivity contribution < 1.29 is 0 Å². The lowest BCUT2D eigenvalue weighted by Crippen LogP contribution is -2.31. The summed E-state index contributed by atoms with van der Waals surface area (Å²) in [5.74, 6) is 1.22. The number of thiazole rings is 1. The highest BCUT2D eigenvalue weighted by Gasteiger charge is 2.21. The fraction of sp³-hybridized carbons (Fsp3) is 0.556. The number of nitrogens with one attached hydrogen (secondary N) is 1. The lowest BCUT2D eigenvalue weighted by Gasteiger charge is -2.21. The minimum atomic E-state index is -0.190. The average molecular weight is 229 g/mol. The first kappa shape index (κ1) is 11.5. The van der Waals surface area contributed by atoms with E-state index in [1.54, 1.807) is 23.1 Å². The van der Waals surface area contributed by atoms with Crippen molar-refractivity contribution in [1.82, 2.24) is 4.98 Å². The van der Waals surface area contributed by atoms with Crippen LogP contribution in [0.1, 0.15) is 20.3 Å². The Hall–Kier alpha value is -0.550. The third-order valence-electron chi connectivity index (χ3n) is 2.09. The number of aromatic nitrogens is 1. The molecule has 0 aliphatic heterocycles. The molecule has 0 radical (unpaired) electrons. The molecule has 3 N–H and O–H groups in total. The third-order valence-corrected chi connectivity index (χ3v) is 4.06. The van der Waals surface area contributed by atoms with Gasteiger partial charge in [-0.1, -0.05) is 25.6 Å². The average Bonchev–Trinajstić information content (AvgIpc) is 2.56. The highest BCUT2D eigenvalue weighted by atomic mass is 32.2. The molecule has 0 aromatic carbocycles. The molecule has 0 unspecified atom stereocenters. The van der Waals surface area contributed by atoms with E-state index in [1.165, 1.54) is 0 Å². The molecule has 0 spiro atoms. The fourth-order valence-electron chi connectivity index (χ4n) is 0.810. The van der Waals surface area contributed by atoms with Crippen LogP contribution >= 0.6 is 23.1 Å². The Morgan fingerprint density at radius 3 is 2.93 bits per heavy atom. The van der Waals surface area contributed by atoms with Crippen molar-refractivity contribution in [1.29, 1.82) is 5.41 Å². The van der Waals surface area contributed by atoms with Crippen molar-refractivity contribution in [2.75, 3.05) is 5.75 Å². The number of hydrogen-bond acceptors (Lipinski definition) is 4. The second-order valence-electron chi connectivity index (χ2n) is 3.69. The van der Waals surface area contributed by atoms with Gasteiger partial charge < -0.3 is 5.73 Å². The van der Waals surface area contributed by atoms with Crippen LogP contribution in [0.2, 0.25) is 0 Å². The molecule has 0 aliphatic carbocycles. The van der Waals surface area contributed by atoms with Gasteiger partial charge in [0.1, 0.15) is 4.34 Å². The summed E-state index contributed by atoms with van der Waals surface area (Å²) in [7, 11) is 0. The van der Waals surface area contributed by atoms with E-state index in [1.807, 2.05) is 25.4 Å². The second-order valence-corrected chi connectivity index (χ2v) is 5.93. The fourth-order valence-corrected chi connectivity index (χ4v) is 2.78. The molecular formula is C9H15N3S2. The minimum absolute atomic E-state index is 0.190. The first-order chi connectivity index (χ1) is 6.52. The molecule has 0 fully saturated rings. The van der Waals surface area contributed by atoms with E-state index >= 15 is 0 Å². The summed E-state index contributed by atoms with van der Waals surface area (Å²) in [6.45, 7) is 4.00. The zero-order chi connectivity index (χ0) is 10.6. The lowest BCUT2D eigenvalue weighted by molar-refractivity contribution is 0.500. The molecule has 1 aromatic rings. The smallest absolute Gasteiger partial charge is 0.149 e. The van der Waals surface area contributed by atoms with Gasteiger partial charge in [-0.3, -0.25) is 5.41 Å². The van der Waals surface area contributed by atoms with E-state index in [0.717, 1.165) is 16.5 Å². The van der Waals surface area contributed by atoms with Crippen molar-refractivity contribution in [2.45, 2.75) is 24.6 Å².